The van der Waals surface area contributed by atoms with E-state index in [9.17, 15) is 9.59 Å². The molecule has 1 atom stereocenters. The Morgan fingerprint density at radius 3 is 2.67 bits per heavy atom. The van der Waals surface area contributed by atoms with Gasteiger partial charge >= 0.3 is 0 Å². The van der Waals surface area contributed by atoms with Gasteiger partial charge in [-0.15, -0.1) is 0 Å². The number of benzene rings is 2. The van der Waals surface area contributed by atoms with Crippen LogP contribution in [-0.2, 0) is 11.3 Å². The molecule has 6 heteroatoms. The smallest absolute Gasteiger partial charge is 0.258 e. The Kier molecular flexibility index (Phi) is 5.66. The fourth-order valence-corrected chi connectivity index (χ4v) is 3.20. The Balaban J connectivity index is 1.62. The summed E-state index contributed by atoms with van der Waals surface area (Å²) in [7, 11) is 1.83. The van der Waals surface area contributed by atoms with E-state index in [1.54, 1.807) is 6.07 Å². The molecule has 3 rings (SSSR count). The molecule has 0 radical (unpaired) electrons. The molecule has 0 saturated heterocycles. The highest BCUT2D eigenvalue weighted by Gasteiger charge is 2.14. The Bertz CT molecular complexity index is 1010. The standard InChI is InChI=1S/C21H24N4O2/c1-14-8-4-5-9-16(14)15(2)22-20(26)13-25(3)12-19-23-18-11-7-6-10-17(18)21(27)24-19/h4-11,15H,12-13H2,1-3H3,(H,22,26)(H,23,24,27)/t15-/m0/s1. The fraction of sp³-hybridized carbons (Fsp3) is 0.286. The number of rotatable bonds is 6. The first-order valence-electron chi connectivity index (χ1n) is 8.95. The van der Waals surface area contributed by atoms with Crippen LogP contribution in [0.25, 0.3) is 10.9 Å². The van der Waals surface area contributed by atoms with Crippen molar-refractivity contribution in [3.63, 3.8) is 0 Å². The average Bonchev–Trinajstić information content (AvgIpc) is 2.61. The van der Waals surface area contributed by atoms with Gasteiger partial charge in [-0.3, -0.25) is 14.5 Å². The molecule has 0 aliphatic heterocycles. The van der Waals surface area contributed by atoms with E-state index in [1.165, 1.54) is 0 Å². The summed E-state index contributed by atoms with van der Waals surface area (Å²) in [5.41, 5.74) is 2.74. The van der Waals surface area contributed by atoms with Gasteiger partial charge in [0.25, 0.3) is 5.56 Å². The molecular weight excluding hydrogens is 340 g/mol. The summed E-state index contributed by atoms with van der Waals surface area (Å²) < 4.78 is 0. The normalized spacial score (nSPS) is 12.3. The molecule has 0 saturated carbocycles. The van der Waals surface area contributed by atoms with Crippen LogP contribution in [0.3, 0.4) is 0 Å². The minimum atomic E-state index is -0.165. The lowest BCUT2D eigenvalue weighted by molar-refractivity contribution is -0.122. The van der Waals surface area contributed by atoms with Crippen molar-refractivity contribution in [2.45, 2.75) is 26.4 Å². The molecule has 0 fully saturated rings. The number of aromatic nitrogens is 2. The highest BCUT2D eigenvalue weighted by Crippen LogP contribution is 2.16. The molecule has 0 spiro atoms. The molecule has 2 N–H and O–H groups in total. The van der Waals surface area contributed by atoms with E-state index in [0.29, 0.717) is 23.3 Å². The number of amides is 1. The van der Waals surface area contributed by atoms with Crippen LogP contribution in [0.2, 0.25) is 0 Å². The van der Waals surface area contributed by atoms with Crippen LogP contribution in [0.15, 0.2) is 53.3 Å². The second-order valence-corrected chi connectivity index (χ2v) is 6.85. The zero-order valence-electron chi connectivity index (χ0n) is 15.8. The molecule has 1 aromatic heterocycles. The van der Waals surface area contributed by atoms with Crippen molar-refractivity contribution < 1.29 is 4.79 Å². The second kappa shape index (κ2) is 8.14. The first kappa shape index (κ1) is 18.8. The summed E-state index contributed by atoms with van der Waals surface area (Å²) in [5, 5.41) is 3.59. The maximum absolute atomic E-state index is 12.4. The summed E-state index contributed by atoms with van der Waals surface area (Å²) in [5.74, 6) is 0.470. The van der Waals surface area contributed by atoms with Crippen LogP contribution in [0.5, 0.6) is 0 Å². The zero-order valence-corrected chi connectivity index (χ0v) is 15.8. The minimum Gasteiger partial charge on any atom is -0.348 e. The first-order valence-corrected chi connectivity index (χ1v) is 8.95. The van der Waals surface area contributed by atoms with E-state index in [2.05, 4.69) is 15.3 Å². The Morgan fingerprint density at radius 1 is 1.19 bits per heavy atom. The van der Waals surface area contributed by atoms with E-state index in [-0.39, 0.29) is 24.1 Å². The largest absolute Gasteiger partial charge is 0.348 e. The van der Waals surface area contributed by atoms with E-state index in [0.717, 1.165) is 11.1 Å². The summed E-state index contributed by atoms with van der Waals surface area (Å²) in [6.07, 6.45) is 0. The molecule has 3 aromatic rings. The Hall–Kier alpha value is -2.99. The van der Waals surface area contributed by atoms with Gasteiger partial charge in [0.2, 0.25) is 5.91 Å². The van der Waals surface area contributed by atoms with Crippen LogP contribution in [0.4, 0.5) is 0 Å². The van der Waals surface area contributed by atoms with E-state index < -0.39 is 0 Å². The monoisotopic (exact) mass is 364 g/mol. The molecule has 1 amide bonds. The van der Waals surface area contributed by atoms with Gasteiger partial charge in [-0.05, 0) is 44.2 Å². The number of para-hydroxylation sites is 1. The van der Waals surface area contributed by atoms with Gasteiger partial charge < -0.3 is 10.3 Å². The number of aromatic amines is 1. The maximum atomic E-state index is 12.4. The number of hydrogen-bond acceptors (Lipinski definition) is 4. The molecule has 0 unspecified atom stereocenters. The van der Waals surface area contributed by atoms with Crippen LogP contribution < -0.4 is 10.9 Å². The van der Waals surface area contributed by atoms with Crippen LogP contribution in [0, 0.1) is 6.92 Å². The highest BCUT2D eigenvalue weighted by atomic mass is 16.2. The van der Waals surface area contributed by atoms with Crippen molar-refractivity contribution >= 4 is 16.8 Å². The van der Waals surface area contributed by atoms with Crippen molar-refractivity contribution in [2.24, 2.45) is 0 Å². The number of nitrogens with zero attached hydrogens (tertiary/aromatic N) is 2. The van der Waals surface area contributed by atoms with Crippen molar-refractivity contribution in [3.8, 4) is 0 Å². The fourth-order valence-electron chi connectivity index (χ4n) is 3.20. The van der Waals surface area contributed by atoms with Crippen molar-refractivity contribution in [2.75, 3.05) is 13.6 Å². The number of aryl methyl sites for hydroxylation is 1. The molecule has 0 aliphatic rings. The number of fused-ring (bicyclic) bond motifs is 1. The molecule has 6 nitrogen and oxygen atoms in total. The Morgan fingerprint density at radius 2 is 1.89 bits per heavy atom. The number of likely N-dealkylation sites (N-methyl/N-ethyl adjacent to an activating group) is 1. The molecule has 2 aromatic carbocycles. The quantitative estimate of drug-likeness (QED) is 0.705. The van der Waals surface area contributed by atoms with Gasteiger partial charge in [0.1, 0.15) is 5.82 Å². The van der Waals surface area contributed by atoms with Crippen LogP contribution >= 0.6 is 0 Å². The highest BCUT2D eigenvalue weighted by molar-refractivity contribution is 5.78. The van der Waals surface area contributed by atoms with Gasteiger partial charge in [-0.1, -0.05) is 36.4 Å². The lowest BCUT2D eigenvalue weighted by Crippen LogP contribution is -2.36. The van der Waals surface area contributed by atoms with Gasteiger partial charge in [0.15, 0.2) is 0 Å². The van der Waals surface area contributed by atoms with Crippen LogP contribution in [0.1, 0.15) is 29.9 Å². The minimum absolute atomic E-state index is 0.0642. The molecule has 140 valence electrons. The summed E-state index contributed by atoms with van der Waals surface area (Å²) in [6.45, 7) is 4.60. The van der Waals surface area contributed by atoms with E-state index >= 15 is 0 Å². The zero-order chi connectivity index (χ0) is 19.4. The first-order chi connectivity index (χ1) is 12.9. The topological polar surface area (TPSA) is 78.1 Å². The third kappa shape index (κ3) is 4.60. The van der Waals surface area contributed by atoms with Gasteiger partial charge in [0, 0.05) is 0 Å². The number of H-pyrrole nitrogens is 1. The van der Waals surface area contributed by atoms with Gasteiger partial charge in [0.05, 0.1) is 30.0 Å². The number of nitrogens with one attached hydrogen (secondary N) is 2. The summed E-state index contributed by atoms with van der Waals surface area (Å²) in [4.78, 5) is 33.6. The lowest BCUT2D eigenvalue weighted by atomic mass is 10.0. The van der Waals surface area contributed by atoms with Crippen molar-refractivity contribution in [1.82, 2.24) is 20.2 Å². The molecule has 0 bridgehead atoms. The maximum Gasteiger partial charge on any atom is 0.258 e. The second-order valence-electron chi connectivity index (χ2n) is 6.85. The van der Waals surface area contributed by atoms with Gasteiger partial charge in [-0.2, -0.15) is 0 Å². The Labute approximate surface area is 158 Å². The molecule has 0 aliphatic carbocycles. The third-order valence-electron chi connectivity index (χ3n) is 4.53. The predicted molar refractivity (Wildman–Crippen MR) is 106 cm³/mol. The summed E-state index contributed by atoms with van der Waals surface area (Å²) in [6, 6.07) is 15.2. The molecule has 27 heavy (non-hydrogen) atoms. The van der Waals surface area contributed by atoms with Crippen molar-refractivity contribution in [1.29, 1.82) is 0 Å². The number of carbonyl (C=O) groups excluding carboxylic acids is 1. The third-order valence-corrected chi connectivity index (χ3v) is 4.53. The van der Waals surface area contributed by atoms with Crippen molar-refractivity contribution in [3.05, 3.63) is 75.8 Å². The average molecular weight is 364 g/mol. The van der Waals surface area contributed by atoms with E-state index in [4.69, 9.17) is 0 Å². The van der Waals surface area contributed by atoms with E-state index in [1.807, 2.05) is 68.3 Å². The predicted octanol–water partition coefficient (Wildman–Crippen LogP) is 2.54. The number of hydrogen-bond donors (Lipinski definition) is 2. The van der Waals surface area contributed by atoms with Gasteiger partial charge in [-0.25, -0.2) is 4.98 Å². The number of carbonyl (C=O) groups is 1. The summed E-state index contributed by atoms with van der Waals surface area (Å²) >= 11 is 0. The van der Waals surface area contributed by atoms with Crippen LogP contribution in [-0.4, -0.2) is 34.4 Å². The molecular formula is C21H24N4O2. The SMILES string of the molecule is Cc1ccccc1[C@H](C)NC(=O)CN(C)Cc1nc2ccccc2c(=O)[nH]1. The molecule has 1 heterocycles. The lowest BCUT2D eigenvalue weighted by Gasteiger charge is -2.20.